The molecule has 0 spiro atoms. The summed E-state index contributed by atoms with van der Waals surface area (Å²) in [5.74, 6) is 1.78. The molecular weight excluding hydrogens is 256 g/mol. The van der Waals surface area contributed by atoms with Crippen LogP contribution in [0.4, 0.5) is 0 Å². The van der Waals surface area contributed by atoms with E-state index in [0.717, 1.165) is 5.75 Å². The van der Waals surface area contributed by atoms with Crippen molar-refractivity contribution in [1.82, 2.24) is 0 Å². The van der Waals surface area contributed by atoms with Crippen molar-refractivity contribution in [1.29, 1.82) is 0 Å². The van der Waals surface area contributed by atoms with E-state index in [1.54, 1.807) is 49.6 Å². The Morgan fingerprint density at radius 2 is 1.80 bits per heavy atom. The number of carbonyl (C=O) groups excluding carboxylic acids is 1. The molecule has 0 amide bonds. The van der Waals surface area contributed by atoms with E-state index in [2.05, 4.69) is 0 Å². The first-order valence-electron chi connectivity index (χ1n) is 6.37. The van der Waals surface area contributed by atoms with E-state index in [0.29, 0.717) is 35.8 Å². The Balaban J connectivity index is 1.97. The van der Waals surface area contributed by atoms with Crippen LogP contribution in [-0.2, 0) is 0 Å². The Kier molecular flexibility index (Phi) is 3.29. The lowest BCUT2D eigenvalue weighted by Gasteiger charge is -2.20. The van der Waals surface area contributed by atoms with Crippen molar-refractivity contribution < 1.29 is 19.0 Å². The third kappa shape index (κ3) is 2.20. The Labute approximate surface area is 116 Å². The van der Waals surface area contributed by atoms with Crippen molar-refractivity contribution >= 4 is 5.78 Å². The van der Waals surface area contributed by atoms with Crippen molar-refractivity contribution in [3.8, 4) is 17.2 Å². The third-order valence-corrected chi connectivity index (χ3v) is 3.16. The average molecular weight is 270 g/mol. The molecule has 1 aliphatic heterocycles. The second-order valence-corrected chi connectivity index (χ2v) is 4.39. The van der Waals surface area contributed by atoms with Crippen LogP contribution >= 0.6 is 0 Å². The zero-order valence-corrected chi connectivity index (χ0v) is 11.1. The van der Waals surface area contributed by atoms with Crippen LogP contribution < -0.4 is 14.2 Å². The van der Waals surface area contributed by atoms with Gasteiger partial charge in [0, 0.05) is 5.56 Å². The molecule has 2 aromatic carbocycles. The van der Waals surface area contributed by atoms with Gasteiger partial charge in [0.1, 0.15) is 19.0 Å². The molecule has 0 fully saturated rings. The molecule has 1 heterocycles. The van der Waals surface area contributed by atoms with E-state index in [1.807, 2.05) is 0 Å². The Bertz CT molecular complexity index is 631. The quantitative estimate of drug-likeness (QED) is 0.804. The highest BCUT2D eigenvalue weighted by atomic mass is 16.6. The van der Waals surface area contributed by atoms with Crippen molar-refractivity contribution in [2.75, 3.05) is 20.3 Å². The zero-order chi connectivity index (χ0) is 13.9. The minimum Gasteiger partial charge on any atom is -0.497 e. The molecule has 1 aliphatic rings. The monoisotopic (exact) mass is 270 g/mol. The minimum absolute atomic E-state index is 0.0880. The standard InChI is InChI=1S/C16H14O4/c1-18-12-7-5-11(6-8-12)15(17)13-3-2-4-14-16(13)20-10-9-19-14/h2-8H,9-10H2,1H3. The van der Waals surface area contributed by atoms with Gasteiger partial charge in [0.25, 0.3) is 0 Å². The van der Waals surface area contributed by atoms with Gasteiger partial charge in [0.15, 0.2) is 17.3 Å². The molecule has 0 aromatic heterocycles. The van der Waals surface area contributed by atoms with Crippen molar-refractivity contribution in [3.05, 3.63) is 53.6 Å². The largest absolute Gasteiger partial charge is 0.497 e. The minimum atomic E-state index is -0.0880. The normalized spacial score (nSPS) is 12.8. The molecule has 4 heteroatoms. The summed E-state index contributed by atoms with van der Waals surface area (Å²) in [5, 5.41) is 0. The highest BCUT2D eigenvalue weighted by Gasteiger charge is 2.21. The average Bonchev–Trinajstić information content (AvgIpc) is 2.54. The highest BCUT2D eigenvalue weighted by Crippen LogP contribution is 2.34. The van der Waals surface area contributed by atoms with Gasteiger partial charge in [-0.2, -0.15) is 0 Å². The number of rotatable bonds is 3. The summed E-state index contributed by atoms with van der Waals surface area (Å²) in [5.41, 5.74) is 1.11. The van der Waals surface area contributed by atoms with Gasteiger partial charge in [-0.25, -0.2) is 0 Å². The molecule has 102 valence electrons. The molecule has 2 aromatic rings. The molecule has 0 N–H and O–H groups in total. The predicted molar refractivity (Wildman–Crippen MR) is 73.9 cm³/mol. The van der Waals surface area contributed by atoms with Gasteiger partial charge < -0.3 is 14.2 Å². The van der Waals surface area contributed by atoms with Gasteiger partial charge in [0.05, 0.1) is 12.7 Å². The van der Waals surface area contributed by atoms with Gasteiger partial charge in [-0.05, 0) is 36.4 Å². The number of para-hydroxylation sites is 1. The Hall–Kier alpha value is -2.49. The van der Waals surface area contributed by atoms with Gasteiger partial charge in [-0.1, -0.05) is 6.07 Å². The van der Waals surface area contributed by atoms with Crippen LogP contribution in [0.2, 0.25) is 0 Å². The lowest BCUT2D eigenvalue weighted by Crippen LogP contribution is -2.18. The SMILES string of the molecule is COc1ccc(C(=O)c2cccc3c2OCCO3)cc1. The van der Waals surface area contributed by atoms with Gasteiger partial charge in [-0.15, -0.1) is 0 Å². The summed E-state index contributed by atoms with van der Waals surface area (Å²) in [4.78, 5) is 12.5. The number of hydrogen-bond acceptors (Lipinski definition) is 4. The van der Waals surface area contributed by atoms with Crippen LogP contribution in [0.15, 0.2) is 42.5 Å². The van der Waals surface area contributed by atoms with E-state index in [9.17, 15) is 4.79 Å². The Morgan fingerprint density at radius 1 is 1.05 bits per heavy atom. The number of carbonyl (C=O) groups is 1. The van der Waals surface area contributed by atoms with Crippen molar-refractivity contribution in [2.45, 2.75) is 0 Å². The first kappa shape index (κ1) is 12.5. The van der Waals surface area contributed by atoms with Gasteiger partial charge in [-0.3, -0.25) is 4.79 Å². The van der Waals surface area contributed by atoms with Crippen LogP contribution in [0.5, 0.6) is 17.2 Å². The molecule has 0 saturated heterocycles. The summed E-state index contributed by atoms with van der Waals surface area (Å²) >= 11 is 0. The van der Waals surface area contributed by atoms with E-state index in [1.165, 1.54) is 0 Å². The lowest BCUT2D eigenvalue weighted by atomic mass is 10.0. The molecule has 0 unspecified atom stereocenters. The highest BCUT2D eigenvalue weighted by molar-refractivity contribution is 6.11. The summed E-state index contributed by atoms with van der Waals surface area (Å²) in [6.45, 7) is 0.965. The molecular formula is C16H14O4. The molecule has 20 heavy (non-hydrogen) atoms. The number of methoxy groups -OCH3 is 1. The third-order valence-electron chi connectivity index (χ3n) is 3.16. The second kappa shape index (κ2) is 5.25. The molecule has 3 rings (SSSR count). The summed E-state index contributed by atoms with van der Waals surface area (Å²) in [7, 11) is 1.59. The van der Waals surface area contributed by atoms with E-state index >= 15 is 0 Å². The molecule has 0 radical (unpaired) electrons. The van der Waals surface area contributed by atoms with Crippen LogP contribution in [0.3, 0.4) is 0 Å². The van der Waals surface area contributed by atoms with Crippen molar-refractivity contribution in [2.24, 2.45) is 0 Å². The second-order valence-electron chi connectivity index (χ2n) is 4.39. The van der Waals surface area contributed by atoms with E-state index in [4.69, 9.17) is 14.2 Å². The zero-order valence-electron chi connectivity index (χ0n) is 11.1. The molecule has 4 nitrogen and oxygen atoms in total. The number of fused-ring (bicyclic) bond motifs is 1. The fourth-order valence-electron chi connectivity index (χ4n) is 2.15. The maximum atomic E-state index is 12.5. The van der Waals surface area contributed by atoms with Gasteiger partial charge in [0.2, 0.25) is 0 Å². The number of hydrogen-bond donors (Lipinski definition) is 0. The first-order valence-corrected chi connectivity index (χ1v) is 6.37. The lowest BCUT2D eigenvalue weighted by molar-refractivity contribution is 0.102. The van der Waals surface area contributed by atoms with Crippen LogP contribution in [0.25, 0.3) is 0 Å². The van der Waals surface area contributed by atoms with Crippen molar-refractivity contribution in [3.63, 3.8) is 0 Å². The first-order chi connectivity index (χ1) is 9.79. The Morgan fingerprint density at radius 3 is 2.55 bits per heavy atom. The topological polar surface area (TPSA) is 44.8 Å². The number of ether oxygens (including phenoxy) is 3. The molecule has 0 aliphatic carbocycles. The van der Waals surface area contributed by atoms with Crippen LogP contribution in [0, 0.1) is 0 Å². The molecule has 0 bridgehead atoms. The number of benzene rings is 2. The van der Waals surface area contributed by atoms with E-state index < -0.39 is 0 Å². The van der Waals surface area contributed by atoms with Crippen LogP contribution in [-0.4, -0.2) is 26.1 Å². The van der Waals surface area contributed by atoms with Gasteiger partial charge >= 0.3 is 0 Å². The summed E-state index contributed by atoms with van der Waals surface area (Å²) < 4.78 is 16.2. The summed E-state index contributed by atoms with van der Waals surface area (Å²) in [6.07, 6.45) is 0. The molecule has 0 atom stereocenters. The predicted octanol–water partition coefficient (Wildman–Crippen LogP) is 2.70. The van der Waals surface area contributed by atoms with Crippen LogP contribution in [0.1, 0.15) is 15.9 Å². The smallest absolute Gasteiger partial charge is 0.196 e. The maximum absolute atomic E-state index is 12.5. The summed E-state index contributed by atoms with van der Waals surface area (Å²) in [6, 6.07) is 12.4. The number of ketones is 1. The fourth-order valence-corrected chi connectivity index (χ4v) is 2.15. The maximum Gasteiger partial charge on any atom is 0.196 e. The molecule has 0 saturated carbocycles. The fraction of sp³-hybridized carbons (Fsp3) is 0.188. The van der Waals surface area contributed by atoms with E-state index in [-0.39, 0.29) is 5.78 Å².